The molecule has 0 bridgehead atoms. The third-order valence-electron chi connectivity index (χ3n) is 2.81. The van der Waals surface area contributed by atoms with Gasteiger partial charge in [-0.1, -0.05) is 5.16 Å². The summed E-state index contributed by atoms with van der Waals surface area (Å²) < 4.78 is 41.5. The fourth-order valence-corrected chi connectivity index (χ4v) is 1.75. The molecule has 24 heavy (non-hydrogen) atoms. The summed E-state index contributed by atoms with van der Waals surface area (Å²) >= 11 is 0. The van der Waals surface area contributed by atoms with Crippen molar-refractivity contribution >= 4 is 17.5 Å². The van der Waals surface area contributed by atoms with Crippen molar-refractivity contribution in [3.63, 3.8) is 0 Å². The van der Waals surface area contributed by atoms with Crippen molar-refractivity contribution < 1.29 is 22.5 Å². The molecule has 0 saturated carbocycles. The minimum atomic E-state index is -4.70. The summed E-state index contributed by atoms with van der Waals surface area (Å²) in [4.78, 5) is 21.0. The molecular weight excluding hydrogens is 329 g/mol. The first-order valence-corrected chi connectivity index (χ1v) is 6.76. The molecule has 0 saturated heterocycles. The van der Waals surface area contributed by atoms with Crippen LogP contribution in [0.25, 0.3) is 0 Å². The van der Waals surface area contributed by atoms with Crippen LogP contribution in [0.2, 0.25) is 0 Å². The van der Waals surface area contributed by atoms with Crippen LogP contribution >= 0.6 is 0 Å². The van der Waals surface area contributed by atoms with E-state index in [9.17, 15) is 18.0 Å². The fourth-order valence-electron chi connectivity index (χ4n) is 1.75. The minimum Gasteiger partial charge on any atom is -0.361 e. The van der Waals surface area contributed by atoms with Crippen LogP contribution in [0, 0.1) is 6.92 Å². The molecule has 0 radical (unpaired) electrons. The van der Waals surface area contributed by atoms with Crippen LogP contribution in [0.4, 0.5) is 29.5 Å². The summed E-state index contributed by atoms with van der Waals surface area (Å²) in [6, 6.07) is 2.75. The molecule has 0 fully saturated rings. The van der Waals surface area contributed by atoms with Gasteiger partial charge in [-0.05, 0) is 19.1 Å². The average Bonchev–Trinajstić information content (AvgIpc) is 2.96. The Labute approximate surface area is 135 Å². The second kappa shape index (κ2) is 6.72. The van der Waals surface area contributed by atoms with Crippen LogP contribution in [0.1, 0.15) is 17.4 Å². The number of anilines is 2. The number of amides is 2. The topological polar surface area (TPSA) is 96.2 Å². The average molecular weight is 344 g/mol. The van der Waals surface area contributed by atoms with Crippen molar-refractivity contribution in [3.8, 4) is 0 Å². The van der Waals surface area contributed by atoms with Gasteiger partial charge in [0, 0.05) is 19.8 Å². The van der Waals surface area contributed by atoms with Gasteiger partial charge in [-0.15, -0.1) is 0 Å². The zero-order chi connectivity index (χ0) is 17.9. The van der Waals surface area contributed by atoms with Crippen molar-refractivity contribution in [1.29, 1.82) is 0 Å². The molecule has 0 unspecified atom stereocenters. The molecular formula is C13H15F3N6O2. The van der Waals surface area contributed by atoms with Gasteiger partial charge in [0.1, 0.15) is 0 Å². The number of rotatable bonds is 4. The predicted molar refractivity (Wildman–Crippen MR) is 78.5 cm³/mol. The quantitative estimate of drug-likeness (QED) is 0.882. The lowest BCUT2D eigenvalue weighted by Gasteiger charge is -2.17. The molecule has 2 N–H and O–H groups in total. The molecule has 2 aromatic heterocycles. The largest absolute Gasteiger partial charge is 0.455 e. The highest BCUT2D eigenvalue weighted by molar-refractivity contribution is 5.92. The number of aryl methyl sites for hydroxylation is 1. The van der Waals surface area contributed by atoms with Gasteiger partial charge in [-0.2, -0.15) is 18.2 Å². The van der Waals surface area contributed by atoms with E-state index >= 15 is 0 Å². The van der Waals surface area contributed by atoms with Gasteiger partial charge >= 0.3 is 12.2 Å². The van der Waals surface area contributed by atoms with Gasteiger partial charge in [0.2, 0.25) is 5.89 Å². The third-order valence-corrected chi connectivity index (χ3v) is 2.81. The first-order chi connectivity index (χ1) is 11.2. The van der Waals surface area contributed by atoms with Gasteiger partial charge in [-0.3, -0.25) is 0 Å². The Hall–Kier alpha value is -2.85. The molecule has 2 heterocycles. The summed E-state index contributed by atoms with van der Waals surface area (Å²) in [7, 11) is 3.53. The maximum atomic E-state index is 12.3. The molecule has 2 rings (SSSR count). The van der Waals surface area contributed by atoms with Crippen molar-refractivity contribution in [2.24, 2.45) is 0 Å². The molecule has 2 amide bonds. The number of nitrogens with one attached hydrogen (secondary N) is 2. The van der Waals surface area contributed by atoms with Crippen LogP contribution in [0.5, 0.6) is 0 Å². The van der Waals surface area contributed by atoms with E-state index in [1.165, 1.54) is 0 Å². The molecule has 8 nitrogen and oxygen atoms in total. The molecule has 0 atom stereocenters. The number of pyridine rings is 1. The molecule has 0 aliphatic heterocycles. The van der Waals surface area contributed by atoms with Gasteiger partial charge in [0.15, 0.2) is 5.82 Å². The second-order valence-corrected chi connectivity index (χ2v) is 5.04. The number of carbonyl (C=O) groups is 1. The van der Waals surface area contributed by atoms with E-state index in [2.05, 4.69) is 30.3 Å². The van der Waals surface area contributed by atoms with Crippen LogP contribution in [0.15, 0.2) is 16.7 Å². The monoisotopic (exact) mass is 344 g/mol. The summed E-state index contributed by atoms with van der Waals surface area (Å²) in [6.07, 6.45) is -4.70. The lowest BCUT2D eigenvalue weighted by molar-refractivity contribution is -0.146. The highest BCUT2D eigenvalue weighted by Gasteiger charge is 2.37. The molecule has 0 aromatic carbocycles. The number of hydrogen-bond acceptors (Lipinski definition) is 6. The Balaban J connectivity index is 1.98. The standard InChI is InChI=1S/C13H15F3N6O2/c1-7-4-5-8(10(18-7)22(2)3)19-12(23)17-6-9-20-11(21-24-9)13(14,15)16/h4-5H,6H2,1-3H3,(H2,17,19,23). The van der Waals surface area contributed by atoms with E-state index in [0.717, 1.165) is 5.69 Å². The molecule has 0 aliphatic carbocycles. The van der Waals surface area contributed by atoms with Crippen molar-refractivity contribution in [1.82, 2.24) is 20.4 Å². The summed E-state index contributed by atoms with van der Waals surface area (Å²) in [5.41, 5.74) is 1.22. The number of carbonyl (C=O) groups excluding carboxylic acids is 1. The number of halogens is 3. The second-order valence-electron chi connectivity index (χ2n) is 5.04. The summed E-state index contributed by atoms with van der Waals surface area (Å²) in [5, 5.41) is 7.69. The number of nitrogens with zero attached hydrogens (tertiary/aromatic N) is 4. The van der Waals surface area contributed by atoms with Gasteiger partial charge in [-0.25, -0.2) is 9.78 Å². The Bertz CT molecular complexity index is 729. The van der Waals surface area contributed by atoms with Gasteiger partial charge in [0.25, 0.3) is 5.82 Å². The van der Waals surface area contributed by atoms with Crippen molar-refractivity contribution in [2.75, 3.05) is 24.3 Å². The summed E-state index contributed by atoms with van der Waals surface area (Å²) in [5.74, 6) is -1.20. The smallest absolute Gasteiger partial charge is 0.361 e. The number of urea groups is 1. The SMILES string of the molecule is Cc1ccc(NC(=O)NCc2nc(C(F)(F)F)no2)c(N(C)C)n1. The van der Waals surface area contributed by atoms with Gasteiger partial charge < -0.3 is 20.1 Å². The van der Waals surface area contributed by atoms with E-state index in [1.807, 2.05) is 6.92 Å². The highest BCUT2D eigenvalue weighted by Crippen LogP contribution is 2.26. The lowest BCUT2D eigenvalue weighted by Crippen LogP contribution is -2.29. The Morgan fingerprint density at radius 1 is 1.29 bits per heavy atom. The van der Waals surface area contributed by atoms with E-state index in [1.54, 1.807) is 31.1 Å². The van der Waals surface area contributed by atoms with E-state index in [4.69, 9.17) is 0 Å². The van der Waals surface area contributed by atoms with Crippen LogP contribution in [-0.4, -0.2) is 35.3 Å². The van der Waals surface area contributed by atoms with E-state index in [-0.39, 0.29) is 12.4 Å². The maximum Gasteiger partial charge on any atom is 0.455 e. The fraction of sp³-hybridized carbons (Fsp3) is 0.385. The molecule has 2 aromatic rings. The lowest BCUT2D eigenvalue weighted by atomic mass is 10.3. The summed E-state index contributed by atoms with van der Waals surface area (Å²) in [6.45, 7) is 1.47. The molecule has 11 heteroatoms. The normalized spacial score (nSPS) is 11.2. The Morgan fingerprint density at radius 3 is 2.58 bits per heavy atom. The number of alkyl halides is 3. The number of hydrogen-bond donors (Lipinski definition) is 2. The zero-order valence-corrected chi connectivity index (χ0v) is 13.1. The zero-order valence-electron chi connectivity index (χ0n) is 13.1. The van der Waals surface area contributed by atoms with Crippen LogP contribution in [-0.2, 0) is 12.7 Å². The first kappa shape index (κ1) is 17.5. The maximum absolute atomic E-state index is 12.3. The van der Waals surface area contributed by atoms with Gasteiger partial charge in [0.05, 0.1) is 12.2 Å². The highest BCUT2D eigenvalue weighted by atomic mass is 19.4. The predicted octanol–water partition coefficient (Wildman–Crippen LogP) is 2.18. The van der Waals surface area contributed by atoms with Crippen molar-refractivity contribution in [2.45, 2.75) is 19.6 Å². The van der Waals surface area contributed by atoms with Crippen LogP contribution < -0.4 is 15.5 Å². The van der Waals surface area contributed by atoms with E-state index < -0.39 is 18.0 Å². The van der Waals surface area contributed by atoms with Crippen LogP contribution in [0.3, 0.4) is 0 Å². The molecule has 0 aliphatic rings. The number of aromatic nitrogens is 3. The molecule has 130 valence electrons. The Morgan fingerprint density at radius 2 is 2.00 bits per heavy atom. The van der Waals surface area contributed by atoms with E-state index in [0.29, 0.717) is 11.5 Å². The minimum absolute atomic E-state index is 0.342. The van der Waals surface area contributed by atoms with Crippen molar-refractivity contribution in [3.05, 3.63) is 29.5 Å². The molecule has 0 spiro atoms. The third kappa shape index (κ3) is 4.33. The first-order valence-electron chi connectivity index (χ1n) is 6.76. The Kier molecular flexibility index (Phi) is 4.90.